The van der Waals surface area contributed by atoms with Crippen LogP contribution < -0.4 is 4.89 Å². The summed E-state index contributed by atoms with van der Waals surface area (Å²) in [6, 6.07) is 0. The standard InChI is InChI=1S/C50H86NO8P/c1-6-8-10-12-14-16-18-20-22-24-25-27-29-31-33-35-37-39-41-43-50(53)59-48(47-58-60(54,55)57-45-44-51(3,4)5)46-56-49(52)42-40-38-36-34-32-30-28-26-23-21-19-17-15-13-11-9-7-2/h14-17,20-23,25,27,31,33,37,39,48H,6-13,18-19,24,26,28-30,32,34-36,38,40-47H2,1-5H3/b16-14+,17-15+,22-20+,23-21+,27-25+,33-31+,39-37+/t48-/m1/s1. The van der Waals surface area contributed by atoms with E-state index in [9.17, 15) is 19.0 Å². The lowest BCUT2D eigenvalue weighted by Crippen LogP contribution is -2.37. The molecule has 0 heterocycles. The van der Waals surface area contributed by atoms with Gasteiger partial charge in [0.25, 0.3) is 7.82 Å². The van der Waals surface area contributed by atoms with Gasteiger partial charge < -0.3 is 27.9 Å². The molecule has 0 aromatic heterocycles. The van der Waals surface area contributed by atoms with Crippen LogP contribution in [0.4, 0.5) is 0 Å². The number of hydrogen-bond donors (Lipinski definition) is 0. The zero-order valence-corrected chi connectivity index (χ0v) is 39.5. The fourth-order valence-electron chi connectivity index (χ4n) is 5.72. The van der Waals surface area contributed by atoms with Gasteiger partial charge in [-0.2, -0.15) is 0 Å². The molecule has 9 nitrogen and oxygen atoms in total. The predicted molar refractivity (Wildman–Crippen MR) is 249 cm³/mol. The number of nitrogens with zero attached hydrogens (tertiary/aromatic N) is 1. The number of phosphoric acid groups is 1. The molecule has 10 heteroatoms. The highest BCUT2D eigenvalue weighted by Crippen LogP contribution is 2.38. The van der Waals surface area contributed by atoms with Crippen LogP contribution in [-0.4, -0.2) is 70.0 Å². The highest BCUT2D eigenvalue weighted by atomic mass is 31.2. The average Bonchev–Trinajstić information content (AvgIpc) is 3.20. The van der Waals surface area contributed by atoms with Crippen molar-refractivity contribution >= 4 is 19.8 Å². The van der Waals surface area contributed by atoms with Crippen LogP contribution >= 0.6 is 7.82 Å². The maximum Gasteiger partial charge on any atom is 0.306 e. The Morgan fingerprint density at radius 3 is 1.40 bits per heavy atom. The van der Waals surface area contributed by atoms with E-state index >= 15 is 0 Å². The second kappa shape index (κ2) is 41.5. The lowest BCUT2D eigenvalue weighted by Gasteiger charge is -2.28. The molecule has 1 unspecified atom stereocenters. The molecule has 60 heavy (non-hydrogen) atoms. The molecule has 0 aliphatic rings. The summed E-state index contributed by atoms with van der Waals surface area (Å²) >= 11 is 0. The van der Waals surface area contributed by atoms with Crippen molar-refractivity contribution in [1.29, 1.82) is 0 Å². The van der Waals surface area contributed by atoms with Gasteiger partial charge in [0.2, 0.25) is 0 Å². The largest absolute Gasteiger partial charge is 0.756 e. The fraction of sp³-hybridized carbons (Fsp3) is 0.680. The number of rotatable bonds is 41. The van der Waals surface area contributed by atoms with Crippen LogP contribution in [0.15, 0.2) is 85.1 Å². The minimum absolute atomic E-state index is 0.0498. The van der Waals surface area contributed by atoms with Gasteiger partial charge in [0.05, 0.1) is 27.7 Å². The number of esters is 2. The lowest BCUT2D eigenvalue weighted by molar-refractivity contribution is -0.870. The van der Waals surface area contributed by atoms with E-state index in [1.807, 2.05) is 33.3 Å². The molecule has 0 radical (unpaired) electrons. The minimum atomic E-state index is -4.65. The Labute approximate surface area is 367 Å². The van der Waals surface area contributed by atoms with Crippen molar-refractivity contribution < 1.29 is 42.1 Å². The van der Waals surface area contributed by atoms with Crippen molar-refractivity contribution in [2.45, 2.75) is 174 Å². The lowest BCUT2D eigenvalue weighted by atomic mass is 10.1. The summed E-state index contributed by atoms with van der Waals surface area (Å²) in [6.07, 6.45) is 53.4. The maximum absolute atomic E-state index is 12.7. The van der Waals surface area contributed by atoms with E-state index in [1.54, 1.807) is 0 Å². The molecule has 344 valence electrons. The van der Waals surface area contributed by atoms with Crippen LogP contribution in [0.1, 0.15) is 168 Å². The topological polar surface area (TPSA) is 111 Å². The predicted octanol–water partition coefficient (Wildman–Crippen LogP) is 12.9. The van der Waals surface area contributed by atoms with Gasteiger partial charge in [0.1, 0.15) is 19.8 Å². The molecular formula is C50H86NO8P. The van der Waals surface area contributed by atoms with Gasteiger partial charge in [-0.25, -0.2) is 0 Å². The van der Waals surface area contributed by atoms with Crippen LogP contribution in [0.3, 0.4) is 0 Å². The SMILES string of the molecule is CCCCC/C=C/C/C=C/C/C=C/C/C=C/C/C=C/CCC(=O)O[C@H](COC(=O)CCCCCCCCC/C=C/C/C=C/CCCCC)COP(=O)([O-])OCC[N+](C)(C)C. The molecule has 0 aliphatic carbocycles. The number of carbonyl (C=O) groups excluding carboxylic acids is 2. The molecule has 0 fully saturated rings. The Balaban J connectivity index is 4.48. The first kappa shape index (κ1) is 57.2. The second-order valence-corrected chi connectivity index (χ2v) is 17.8. The minimum Gasteiger partial charge on any atom is -0.756 e. The first-order valence-electron chi connectivity index (χ1n) is 23.3. The number of hydrogen-bond acceptors (Lipinski definition) is 8. The Kier molecular flexibility index (Phi) is 39.6. The van der Waals surface area contributed by atoms with Gasteiger partial charge in [-0.1, -0.05) is 157 Å². The summed E-state index contributed by atoms with van der Waals surface area (Å²) in [6.45, 7) is 4.06. The van der Waals surface area contributed by atoms with Crippen LogP contribution in [-0.2, 0) is 32.7 Å². The van der Waals surface area contributed by atoms with Gasteiger partial charge in [-0.05, 0) is 83.5 Å². The number of phosphoric ester groups is 1. The molecule has 2 atom stereocenters. The molecule has 0 aromatic carbocycles. The van der Waals surface area contributed by atoms with Crippen molar-refractivity contribution in [3.05, 3.63) is 85.1 Å². The third-order valence-electron chi connectivity index (χ3n) is 9.40. The smallest absolute Gasteiger partial charge is 0.306 e. The molecule has 0 bridgehead atoms. The number of allylic oxidation sites excluding steroid dienone is 14. The molecule has 0 rings (SSSR count). The van der Waals surface area contributed by atoms with E-state index in [0.717, 1.165) is 57.8 Å². The van der Waals surface area contributed by atoms with Crippen LogP contribution in [0, 0.1) is 0 Å². The van der Waals surface area contributed by atoms with Gasteiger partial charge >= 0.3 is 11.9 Å². The number of likely N-dealkylation sites (N-methyl/N-ethyl adjacent to an activating group) is 1. The first-order chi connectivity index (χ1) is 29.0. The van der Waals surface area contributed by atoms with Gasteiger partial charge in [-0.15, -0.1) is 0 Å². The summed E-state index contributed by atoms with van der Waals surface area (Å²) in [7, 11) is 1.10. The summed E-state index contributed by atoms with van der Waals surface area (Å²) in [5.74, 6) is -0.946. The first-order valence-corrected chi connectivity index (χ1v) is 24.8. The third kappa shape index (κ3) is 44.7. The Morgan fingerprint density at radius 1 is 0.517 bits per heavy atom. The number of ether oxygens (including phenoxy) is 2. The molecule has 0 N–H and O–H groups in total. The zero-order valence-electron chi connectivity index (χ0n) is 38.6. The van der Waals surface area contributed by atoms with Crippen LogP contribution in [0.5, 0.6) is 0 Å². The maximum atomic E-state index is 12.7. The summed E-state index contributed by atoms with van der Waals surface area (Å²) < 4.78 is 33.8. The highest BCUT2D eigenvalue weighted by molar-refractivity contribution is 7.45. The number of carbonyl (C=O) groups is 2. The van der Waals surface area contributed by atoms with Crippen molar-refractivity contribution in [2.75, 3.05) is 47.5 Å². The summed E-state index contributed by atoms with van der Waals surface area (Å²) in [5.41, 5.74) is 0. The highest BCUT2D eigenvalue weighted by Gasteiger charge is 2.21. The van der Waals surface area contributed by atoms with Crippen molar-refractivity contribution in [3.63, 3.8) is 0 Å². The van der Waals surface area contributed by atoms with Crippen LogP contribution in [0.25, 0.3) is 0 Å². The number of unbranched alkanes of at least 4 members (excludes halogenated alkanes) is 13. The van der Waals surface area contributed by atoms with Gasteiger partial charge in [0.15, 0.2) is 6.10 Å². The number of quaternary nitrogens is 1. The normalized spacial score (nSPS) is 14.3. The van der Waals surface area contributed by atoms with Gasteiger partial charge in [-0.3, -0.25) is 14.2 Å². The Morgan fingerprint density at radius 2 is 0.933 bits per heavy atom. The molecule has 0 aromatic rings. The average molecular weight is 860 g/mol. The Hall–Kier alpha value is -2.81. The van der Waals surface area contributed by atoms with E-state index in [1.165, 1.54) is 70.6 Å². The van der Waals surface area contributed by atoms with Crippen molar-refractivity contribution in [1.82, 2.24) is 0 Å². The molecule has 0 saturated heterocycles. The van der Waals surface area contributed by atoms with E-state index in [4.69, 9.17) is 18.5 Å². The quantitative estimate of drug-likeness (QED) is 0.0196. The molecular weight excluding hydrogens is 774 g/mol. The zero-order chi connectivity index (χ0) is 44.3. The second-order valence-electron chi connectivity index (χ2n) is 16.4. The van der Waals surface area contributed by atoms with E-state index in [2.05, 4.69) is 86.8 Å². The summed E-state index contributed by atoms with van der Waals surface area (Å²) in [4.78, 5) is 37.6. The van der Waals surface area contributed by atoms with E-state index in [-0.39, 0.29) is 26.1 Å². The van der Waals surface area contributed by atoms with Crippen molar-refractivity contribution in [2.24, 2.45) is 0 Å². The summed E-state index contributed by atoms with van der Waals surface area (Å²) in [5, 5.41) is 0. The van der Waals surface area contributed by atoms with Crippen molar-refractivity contribution in [3.8, 4) is 0 Å². The third-order valence-corrected chi connectivity index (χ3v) is 10.4. The van der Waals surface area contributed by atoms with Gasteiger partial charge in [0, 0.05) is 12.8 Å². The molecule has 0 amide bonds. The molecule has 0 spiro atoms. The Bertz CT molecular complexity index is 1290. The van der Waals surface area contributed by atoms with E-state index < -0.39 is 32.5 Å². The van der Waals surface area contributed by atoms with Crippen LogP contribution in [0.2, 0.25) is 0 Å². The fourth-order valence-corrected chi connectivity index (χ4v) is 6.45. The van der Waals surface area contributed by atoms with E-state index in [0.29, 0.717) is 23.9 Å². The molecule has 0 saturated carbocycles. The molecule has 0 aliphatic heterocycles. The monoisotopic (exact) mass is 860 g/mol.